The number of nitrogens with zero attached hydrogens (tertiary/aromatic N) is 2. The maximum Gasteiger partial charge on any atom is 0.119 e. The third-order valence-corrected chi connectivity index (χ3v) is 5.27. The summed E-state index contributed by atoms with van der Waals surface area (Å²) < 4.78 is 5.33. The van der Waals surface area contributed by atoms with E-state index in [1.54, 1.807) is 7.11 Å². The minimum atomic E-state index is 0.797. The molecule has 2 aromatic carbocycles. The number of hydrogen-bond donors (Lipinski definition) is 1. The highest BCUT2D eigenvalue weighted by Gasteiger charge is 2.27. The van der Waals surface area contributed by atoms with Crippen molar-refractivity contribution in [1.29, 1.82) is 0 Å². The second-order valence-corrected chi connectivity index (χ2v) is 7.43. The third-order valence-electron chi connectivity index (χ3n) is 5.02. The van der Waals surface area contributed by atoms with E-state index in [2.05, 4.69) is 39.6 Å². The number of benzene rings is 2. The molecule has 0 radical (unpaired) electrons. The molecule has 26 heavy (non-hydrogen) atoms. The zero-order valence-electron chi connectivity index (χ0n) is 15.0. The summed E-state index contributed by atoms with van der Waals surface area (Å²) >= 11 is 5.99. The van der Waals surface area contributed by atoms with Crippen molar-refractivity contribution in [2.75, 3.05) is 26.7 Å². The van der Waals surface area contributed by atoms with Crippen molar-refractivity contribution in [2.24, 2.45) is 0 Å². The Balaban J connectivity index is 1.34. The molecule has 0 atom stereocenters. The first-order chi connectivity index (χ1) is 12.7. The number of rotatable bonds is 5. The van der Waals surface area contributed by atoms with Crippen molar-refractivity contribution >= 4 is 11.6 Å². The lowest BCUT2D eigenvalue weighted by molar-refractivity contribution is 0.246. The van der Waals surface area contributed by atoms with Crippen molar-refractivity contribution in [3.63, 3.8) is 0 Å². The number of methoxy groups -OCH3 is 1. The molecule has 0 aliphatic carbocycles. The van der Waals surface area contributed by atoms with Gasteiger partial charge in [0.05, 0.1) is 7.11 Å². The van der Waals surface area contributed by atoms with Crippen molar-refractivity contribution < 1.29 is 4.74 Å². The molecule has 0 saturated carbocycles. The molecule has 0 unspecified atom stereocenters. The van der Waals surface area contributed by atoms with Crippen molar-refractivity contribution in [3.05, 3.63) is 76.0 Å². The van der Waals surface area contributed by atoms with Crippen LogP contribution in [0.5, 0.6) is 5.75 Å². The van der Waals surface area contributed by atoms with Gasteiger partial charge in [0.2, 0.25) is 0 Å². The summed E-state index contributed by atoms with van der Waals surface area (Å²) in [5, 5.41) is 3.09. The Morgan fingerprint density at radius 2 is 1.88 bits per heavy atom. The summed E-state index contributed by atoms with van der Waals surface area (Å²) in [6.07, 6.45) is 1.08. The smallest absolute Gasteiger partial charge is 0.119 e. The molecule has 2 aliphatic rings. The Labute approximate surface area is 160 Å². The molecule has 0 aromatic heterocycles. The quantitative estimate of drug-likeness (QED) is 0.866. The highest BCUT2D eigenvalue weighted by molar-refractivity contribution is 6.30. The number of hydrogen-bond acceptors (Lipinski definition) is 4. The molecular weight excluding hydrogens is 346 g/mol. The first-order valence-corrected chi connectivity index (χ1v) is 9.39. The molecule has 0 fully saturated rings. The Kier molecular flexibility index (Phi) is 5.16. The standard InChI is InChI=1S/C21H24ClN3O/c1-26-20-4-2-3-17(11-20)13-25-15-18-14-24(10-9-21(18)23-25)12-16-5-7-19(22)8-6-16/h2-8,11,23H,9-10,12-15H2,1H3. The predicted molar refractivity (Wildman–Crippen MR) is 105 cm³/mol. The Morgan fingerprint density at radius 1 is 1.04 bits per heavy atom. The average Bonchev–Trinajstić information content (AvgIpc) is 3.05. The molecule has 5 heteroatoms. The summed E-state index contributed by atoms with van der Waals surface area (Å²) in [5.41, 5.74) is 9.09. The van der Waals surface area contributed by atoms with Gasteiger partial charge < -0.3 is 10.2 Å². The number of hydrazine groups is 1. The first kappa shape index (κ1) is 17.4. The number of nitrogens with one attached hydrogen (secondary N) is 1. The normalized spacial score (nSPS) is 17.9. The van der Waals surface area contributed by atoms with Gasteiger partial charge in [-0.25, -0.2) is 5.01 Å². The van der Waals surface area contributed by atoms with Gasteiger partial charge in [-0.3, -0.25) is 4.90 Å². The summed E-state index contributed by atoms with van der Waals surface area (Å²) in [6, 6.07) is 16.5. The molecule has 0 saturated heterocycles. The van der Waals surface area contributed by atoms with Gasteiger partial charge in [0.15, 0.2) is 0 Å². The molecule has 0 spiro atoms. The fourth-order valence-corrected chi connectivity index (χ4v) is 3.83. The molecule has 4 rings (SSSR count). The van der Waals surface area contributed by atoms with Crippen LogP contribution >= 0.6 is 11.6 Å². The number of ether oxygens (including phenoxy) is 1. The van der Waals surface area contributed by atoms with E-state index in [1.165, 1.54) is 22.4 Å². The van der Waals surface area contributed by atoms with Crippen molar-refractivity contribution in [2.45, 2.75) is 19.5 Å². The van der Waals surface area contributed by atoms with E-state index in [4.69, 9.17) is 16.3 Å². The molecule has 2 aromatic rings. The molecule has 0 amide bonds. The van der Waals surface area contributed by atoms with Crippen LogP contribution in [0.3, 0.4) is 0 Å². The highest BCUT2D eigenvalue weighted by atomic mass is 35.5. The summed E-state index contributed by atoms with van der Waals surface area (Å²) in [4.78, 5) is 2.51. The van der Waals surface area contributed by atoms with Crippen LogP contribution in [0.25, 0.3) is 0 Å². The van der Waals surface area contributed by atoms with Crippen LogP contribution in [0.15, 0.2) is 59.8 Å². The van der Waals surface area contributed by atoms with E-state index < -0.39 is 0 Å². The molecule has 0 bridgehead atoms. The Morgan fingerprint density at radius 3 is 2.69 bits per heavy atom. The van der Waals surface area contributed by atoms with Crippen LogP contribution in [0, 0.1) is 0 Å². The molecule has 136 valence electrons. The fourth-order valence-electron chi connectivity index (χ4n) is 3.70. The zero-order valence-corrected chi connectivity index (χ0v) is 15.8. The lowest BCUT2D eigenvalue weighted by atomic mass is 10.1. The molecular formula is C21H24ClN3O. The predicted octanol–water partition coefficient (Wildman–Crippen LogP) is 3.83. The fraction of sp³-hybridized carbons (Fsp3) is 0.333. The molecule has 1 N–H and O–H groups in total. The Hall–Kier alpha value is -2.01. The summed E-state index contributed by atoms with van der Waals surface area (Å²) in [7, 11) is 1.71. The molecule has 2 aliphatic heterocycles. The molecule has 4 nitrogen and oxygen atoms in total. The summed E-state index contributed by atoms with van der Waals surface area (Å²) in [6.45, 7) is 4.94. The first-order valence-electron chi connectivity index (χ1n) is 9.02. The lowest BCUT2D eigenvalue weighted by Gasteiger charge is -2.27. The van der Waals surface area contributed by atoms with E-state index in [-0.39, 0.29) is 0 Å². The van der Waals surface area contributed by atoms with Gasteiger partial charge in [0, 0.05) is 49.9 Å². The van der Waals surface area contributed by atoms with Crippen LogP contribution < -0.4 is 10.2 Å². The van der Waals surface area contributed by atoms with Crippen LogP contribution in [-0.4, -0.2) is 36.7 Å². The Bertz CT molecular complexity index is 803. The van der Waals surface area contributed by atoms with Gasteiger partial charge in [-0.15, -0.1) is 0 Å². The van der Waals surface area contributed by atoms with Crippen molar-refractivity contribution in [1.82, 2.24) is 15.3 Å². The van der Waals surface area contributed by atoms with Gasteiger partial charge in [-0.2, -0.15) is 0 Å². The highest BCUT2D eigenvalue weighted by Crippen LogP contribution is 2.25. The van der Waals surface area contributed by atoms with Gasteiger partial charge in [-0.05, 0) is 41.0 Å². The number of halogens is 1. The minimum Gasteiger partial charge on any atom is -0.497 e. The van der Waals surface area contributed by atoms with Crippen molar-refractivity contribution in [3.8, 4) is 5.75 Å². The van der Waals surface area contributed by atoms with Crippen LogP contribution in [0.4, 0.5) is 0 Å². The van der Waals surface area contributed by atoms with Crippen LogP contribution in [0.2, 0.25) is 5.02 Å². The maximum absolute atomic E-state index is 5.99. The zero-order chi connectivity index (χ0) is 17.9. The van der Waals surface area contributed by atoms with Crippen LogP contribution in [0.1, 0.15) is 17.5 Å². The van der Waals surface area contributed by atoms with Gasteiger partial charge >= 0.3 is 0 Å². The summed E-state index contributed by atoms with van der Waals surface area (Å²) in [5.74, 6) is 0.911. The molecule has 2 heterocycles. The second-order valence-electron chi connectivity index (χ2n) is 6.99. The van der Waals surface area contributed by atoms with E-state index in [0.29, 0.717) is 0 Å². The van der Waals surface area contributed by atoms with Gasteiger partial charge in [0.1, 0.15) is 5.75 Å². The third kappa shape index (κ3) is 4.04. The maximum atomic E-state index is 5.99. The van der Waals surface area contributed by atoms with Gasteiger partial charge in [-0.1, -0.05) is 35.9 Å². The SMILES string of the molecule is COc1cccc(CN2CC3=C(CCN(Cc4ccc(Cl)cc4)C3)N2)c1. The lowest BCUT2D eigenvalue weighted by Crippen LogP contribution is -2.32. The van der Waals surface area contributed by atoms with E-state index >= 15 is 0 Å². The minimum absolute atomic E-state index is 0.797. The van der Waals surface area contributed by atoms with Gasteiger partial charge in [0.25, 0.3) is 0 Å². The van der Waals surface area contributed by atoms with E-state index in [0.717, 1.165) is 49.9 Å². The van der Waals surface area contributed by atoms with E-state index in [9.17, 15) is 0 Å². The average molecular weight is 370 g/mol. The van der Waals surface area contributed by atoms with E-state index in [1.807, 2.05) is 24.3 Å². The topological polar surface area (TPSA) is 27.7 Å². The second kappa shape index (κ2) is 7.70. The van der Waals surface area contributed by atoms with Crippen LogP contribution in [-0.2, 0) is 13.1 Å². The monoisotopic (exact) mass is 369 g/mol. The largest absolute Gasteiger partial charge is 0.497 e.